The van der Waals surface area contributed by atoms with Gasteiger partial charge in [0.25, 0.3) is 11.8 Å². The minimum absolute atomic E-state index is 0.379. The molecule has 162 valence electrons. The van der Waals surface area contributed by atoms with Crippen LogP contribution in [0.1, 0.15) is 21.5 Å². The number of carbonyl (C=O) groups excluding carboxylic acids is 2. The second kappa shape index (κ2) is 8.54. The molecular formula is C23H16F3N3O3. The molecule has 4 rings (SSSR count). The molecule has 6 nitrogen and oxygen atoms in total. The van der Waals surface area contributed by atoms with E-state index in [9.17, 15) is 22.8 Å². The first-order valence-corrected chi connectivity index (χ1v) is 9.51. The number of aliphatic imine (C=N–C) groups is 1. The Balaban J connectivity index is 1.70. The summed E-state index contributed by atoms with van der Waals surface area (Å²) in [5.74, 6) is -2.25. The fourth-order valence-electron chi connectivity index (χ4n) is 3.25. The molecule has 0 fully saturated rings. The number of hydrogen-bond acceptors (Lipinski definition) is 4. The predicted octanol–water partition coefficient (Wildman–Crippen LogP) is 4.13. The summed E-state index contributed by atoms with van der Waals surface area (Å²) in [6.07, 6.45) is -6.36. The molecule has 9 heteroatoms. The zero-order chi connectivity index (χ0) is 22.7. The summed E-state index contributed by atoms with van der Waals surface area (Å²) in [5, 5.41) is 5.10. The van der Waals surface area contributed by atoms with Gasteiger partial charge in [0.2, 0.25) is 6.17 Å². The summed E-state index contributed by atoms with van der Waals surface area (Å²) in [5.41, 5.74) is 1.92. The molecule has 1 atom stereocenters. The number of hydrogen-bond donors (Lipinski definition) is 2. The number of carbonyl (C=O) groups is 2. The summed E-state index contributed by atoms with van der Waals surface area (Å²) < 4.78 is 42.1. The van der Waals surface area contributed by atoms with Crippen molar-refractivity contribution in [1.82, 2.24) is 5.32 Å². The molecule has 0 bridgehead atoms. The molecule has 3 aromatic rings. The van der Waals surface area contributed by atoms with Crippen LogP contribution in [0.4, 0.5) is 18.9 Å². The Kier molecular flexibility index (Phi) is 5.63. The highest BCUT2D eigenvalue weighted by Gasteiger charge is 2.34. The van der Waals surface area contributed by atoms with E-state index < -0.39 is 30.1 Å². The largest absolute Gasteiger partial charge is 0.573 e. The molecule has 0 saturated carbocycles. The van der Waals surface area contributed by atoms with E-state index in [1.165, 1.54) is 18.2 Å². The number of anilines is 1. The van der Waals surface area contributed by atoms with Gasteiger partial charge in [-0.1, -0.05) is 60.7 Å². The third-order valence-corrected chi connectivity index (χ3v) is 4.62. The smallest absolute Gasteiger partial charge is 0.405 e. The van der Waals surface area contributed by atoms with E-state index >= 15 is 0 Å². The van der Waals surface area contributed by atoms with Crippen LogP contribution in [0.5, 0.6) is 5.75 Å². The second-order valence-electron chi connectivity index (χ2n) is 6.80. The first-order chi connectivity index (χ1) is 15.3. The Bertz CT molecular complexity index is 1190. The molecule has 0 saturated heterocycles. The lowest BCUT2D eigenvalue weighted by molar-refractivity contribution is -0.274. The number of halogens is 3. The Morgan fingerprint density at radius 2 is 1.59 bits per heavy atom. The zero-order valence-corrected chi connectivity index (χ0v) is 16.4. The monoisotopic (exact) mass is 439 g/mol. The summed E-state index contributed by atoms with van der Waals surface area (Å²) in [4.78, 5) is 30.0. The van der Waals surface area contributed by atoms with E-state index in [4.69, 9.17) is 0 Å². The average molecular weight is 439 g/mol. The van der Waals surface area contributed by atoms with Gasteiger partial charge in [0, 0.05) is 11.1 Å². The number of rotatable bonds is 4. The normalized spacial score (nSPS) is 15.7. The van der Waals surface area contributed by atoms with Gasteiger partial charge in [-0.2, -0.15) is 0 Å². The lowest BCUT2D eigenvalue weighted by Crippen LogP contribution is -2.42. The van der Waals surface area contributed by atoms with Crippen LogP contribution in [-0.2, 0) is 4.79 Å². The molecule has 0 radical (unpaired) electrons. The highest BCUT2D eigenvalue weighted by Crippen LogP contribution is 2.27. The van der Waals surface area contributed by atoms with E-state index in [1.807, 2.05) is 6.07 Å². The van der Waals surface area contributed by atoms with Gasteiger partial charge in [-0.05, 0) is 18.2 Å². The standard InChI is InChI=1S/C23H16F3N3O3/c24-23(25,26)32-18-13-7-5-11-16(18)21(30)29-20-22(31)27-17-12-6-4-10-15(17)19(28-20)14-8-2-1-3-9-14/h1-13,20H,(H,27,31)(H,29,30). The lowest BCUT2D eigenvalue weighted by atomic mass is 10.0. The number of ether oxygens (including phenoxy) is 1. The Hall–Kier alpha value is -4.14. The van der Waals surface area contributed by atoms with E-state index in [1.54, 1.807) is 48.5 Å². The van der Waals surface area contributed by atoms with Gasteiger partial charge in [-0.3, -0.25) is 9.59 Å². The summed E-state index contributed by atoms with van der Waals surface area (Å²) in [6, 6.07) is 20.9. The number of para-hydroxylation sites is 2. The molecule has 1 aliphatic heterocycles. The van der Waals surface area contributed by atoms with Crippen molar-refractivity contribution < 1.29 is 27.5 Å². The van der Waals surface area contributed by atoms with Crippen LogP contribution in [0, 0.1) is 0 Å². The Morgan fingerprint density at radius 1 is 0.938 bits per heavy atom. The van der Waals surface area contributed by atoms with Crippen molar-refractivity contribution >= 4 is 23.2 Å². The molecule has 1 aliphatic rings. The molecule has 32 heavy (non-hydrogen) atoms. The van der Waals surface area contributed by atoms with Crippen LogP contribution in [0.2, 0.25) is 0 Å². The van der Waals surface area contributed by atoms with E-state index in [-0.39, 0.29) is 5.56 Å². The van der Waals surface area contributed by atoms with Gasteiger partial charge in [-0.15, -0.1) is 13.2 Å². The second-order valence-corrected chi connectivity index (χ2v) is 6.80. The van der Waals surface area contributed by atoms with Crippen molar-refractivity contribution in [2.75, 3.05) is 5.32 Å². The van der Waals surface area contributed by atoms with Crippen LogP contribution >= 0.6 is 0 Å². The van der Waals surface area contributed by atoms with Gasteiger partial charge in [0.15, 0.2) is 0 Å². The van der Waals surface area contributed by atoms with Crippen molar-refractivity contribution in [3.05, 3.63) is 95.6 Å². The summed E-state index contributed by atoms with van der Waals surface area (Å²) in [7, 11) is 0. The third-order valence-electron chi connectivity index (χ3n) is 4.62. The Morgan fingerprint density at radius 3 is 2.34 bits per heavy atom. The fraction of sp³-hybridized carbons (Fsp3) is 0.0870. The van der Waals surface area contributed by atoms with Crippen molar-refractivity contribution in [1.29, 1.82) is 0 Å². The zero-order valence-electron chi connectivity index (χ0n) is 16.4. The molecule has 0 aliphatic carbocycles. The van der Waals surface area contributed by atoms with Gasteiger partial charge >= 0.3 is 6.36 Å². The van der Waals surface area contributed by atoms with E-state index in [0.29, 0.717) is 22.5 Å². The van der Waals surface area contributed by atoms with Crippen LogP contribution in [0.3, 0.4) is 0 Å². The maximum atomic E-state index is 12.8. The van der Waals surface area contributed by atoms with Crippen molar-refractivity contribution in [3.8, 4) is 5.75 Å². The molecule has 2 amide bonds. The lowest BCUT2D eigenvalue weighted by Gasteiger charge is -2.16. The first-order valence-electron chi connectivity index (χ1n) is 9.51. The molecule has 1 unspecified atom stereocenters. The fourth-order valence-corrected chi connectivity index (χ4v) is 3.25. The third kappa shape index (κ3) is 4.61. The quantitative estimate of drug-likeness (QED) is 0.642. The summed E-state index contributed by atoms with van der Waals surface area (Å²) in [6.45, 7) is 0. The molecule has 2 N–H and O–H groups in total. The molecular weight excluding hydrogens is 423 g/mol. The van der Waals surface area contributed by atoms with Gasteiger partial charge < -0.3 is 15.4 Å². The SMILES string of the molecule is O=C(NC1N=C(c2ccccc2)c2ccccc2NC1=O)c1ccccc1OC(F)(F)F. The van der Waals surface area contributed by atoms with Gasteiger partial charge in [0.1, 0.15) is 5.75 Å². The maximum absolute atomic E-state index is 12.8. The van der Waals surface area contributed by atoms with Crippen LogP contribution in [-0.4, -0.2) is 30.1 Å². The van der Waals surface area contributed by atoms with E-state index in [2.05, 4.69) is 20.4 Å². The van der Waals surface area contributed by atoms with Crippen molar-refractivity contribution in [2.24, 2.45) is 4.99 Å². The number of alkyl halides is 3. The van der Waals surface area contributed by atoms with Crippen LogP contribution in [0.25, 0.3) is 0 Å². The van der Waals surface area contributed by atoms with Crippen LogP contribution < -0.4 is 15.4 Å². The number of nitrogens with one attached hydrogen (secondary N) is 2. The number of fused-ring (bicyclic) bond motifs is 1. The van der Waals surface area contributed by atoms with Gasteiger partial charge in [0.05, 0.1) is 17.0 Å². The highest BCUT2D eigenvalue weighted by molar-refractivity contribution is 6.20. The first kappa shape index (κ1) is 21.1. The number of amides is 2. The van der Waals surface area contributed by atoms with E-state index in [0.717, 1.165) is 6.07 Å². The molecule has 0 spiro atoms. The topological polar surface area (TPSA) is 79.8 Å². The number of benzene rings is 3. The minimum atomic E-state index is -4.98. The number of benzodiazepines with no additional fused rings is 1. The maximum Gasteiger partial charge on any atom is 0.573 e. The molecule has 3 aromatic carbocycles. The van der Waals surface area contributed by atoms with Crippen molar-refractivity contribution in [2.45, 2.75) is 12.5 Å². The highest BCUT2D eigenvalue weighted by atomic mass is 19.4. The van der Waals surface area contributed by atoms with Gasteiger partial charge in [-0.25, -0.2) is 4.99 Å². The molecule has 0 aromatic heterocycles. The summed E-state index contributed by atoms with van der Waals surface area (Å²) >= 11 is 0. The minimum Gasteiger partial charge on any atom is -0.405 e. The Labute approximate surface area is 180 Å². The van der Waals surface area contributed by atoms with Crippen LogP contribution in [0.15, 0.2) is 83.9 Å². The number of nitrogens with zero attached hydrogens (tertiary/aromatic N) is 1. The van der Waals surface area contributed by atoms with Crippen molar-refractivity contribution in [3.63, 3.8) is 0 Å². The average Bonchev–Trinajstić information content (AvgIpc) is 2.90. The molecule has 1 heterocycles. The predicted molar refractivity (Wildman–Crippen MR) is 112 cm³/mol.